The zero-order valence-electron chi connectivity index (χ0n) is 9.78. The Hall–Kier alpha value is -0.970. The van der Waals surface area contributed by atoms with Crippen molar-refractivity contribution in [3.63, 3.8) is 0 Å². The number of pyridine rings is 2. The van der Waals surface area contributed by atoms with Crippen molar-refractivity contribution in [2.24, 2.45) is 0 Å². The van der Waals surface area contributed by atoms with Crippen molar-refractivity contribution < 1.29 is 24.3 Å². The first-order valence-corrected chi connectivity index (χ1v) is 7.55. The highest BCUT2D eigenvalue weighted by Crippen LogP contribution is 2.36. The van der Waals surface area contributed by atoms with Crippen LogP contribution in [0.2, 0.25) is 0 Å². The predicted octanol–water partition coefficient (Wildman–Crippen LogP) is 0.663. The van der Waals surface area contributed by atoms with Crippen molar-refractivity contribution >= 4 is 30.8 Å². The molecule has 0 spiro atoms. The van der Waals surface area contributed by atoms with Gasteiger partial charge in [0, 0.05) is 24.3 Å². The van der Waals surface area contributed by atoms with Gasteiger partial charge in [-0.3, -0.25) is 0 Å². The van der Waals surface area contributed by atoms with Gasteiger partial charge in [-0.2, -0.15) is 0 Å². The van der Waals surface area contributed by atoms with E-state index in [2.05, 4.69) is 33.2 Å². The lowest BCUT2D eigenvalue weighted by Gasteiger charge is -2.29. The maximum atomic E-state index is 9.54. The van der Waals surface area contributed by atoms with Gasteiger partial charge in [-0.1, -0.05) is 35.3 Å². The van der Waals surface area contributed by atoms with Gasteiger partial charge < -0.3 is 14.4 Å². The molecule has 8 heteroatoms. The van der Waals surface area contributed by atoms with E-state index in [-0.39, 0.29) is 0 Å². The first-order chi connectivity index (χ1) is 8.94. The largest absolute Gasteiger partial charge is 0.809 e. The molecule has 0 radical (unpaired) electrons. The Labute approximate surface area is 121 Å². The van der Waals surface area contributed by atoms with Gasteiger partial charge in [0.25, 0.3) is 0 Å². The maximum absolute atomic E-state index is 9.54. The molecule has 0 atom stereocenters. The number of H-pyrrole nitrogens is 2. The average molecular weight is 323 g/mol. The number of halogens is 2. The molecule has 0 fully saturated rings. The molecule has 0 aliphatic heterocycles. The first kappa shape index (κ1) is 18.0. The van der Waals surface area contributed by atoms with Gasteiger partial charge in [-0.15, -0.1) is 0 Å². The van der Waals surface area contributed by atoms with Crippen LogP contribution in [0.15, 0.2) is 61.2 Å². The molecular weight excluding hydrogens is 310 g/mol. The minimum atomic E-state index is -4.71. The monoisotopic (exact) mass is 322 g/mol. The Morgan fingerprint density at radius 1 is 0.789 bits per heavy atom. The third kappa shape index (κ3) is 13.3. The summed E-state index contributed by atoms with van der Waals surface area (Å²) in [7, 11) is -4.71. The Morgan fingerprint density at radius 2 is 1.05 bits per heavy atom. The van der Waals surface area contributed by atoms with E-state index >= 15 is 0 Å². The van der Waals surface area contributed by atoms with Crippen LogP contribution in [0.25, 0.3) is 0 Å². The molecule has 0 amide bonds. The van der Waals surface area contributed by atoms with E-state index in [1.165, 1.54) is 0 Å². The third-order valence-electron chi connectivity index (χ3n) is 1.45. The van der Waals surface area contributed by atoms with E-state index in [1.54, 1.807) is 0 Å². The quantitative estimate of drug-likeness (QED) is 0.570. The SMILES string of the molecule is O=P([O-])([O-])C(Cl)Cl.c1cc[nH+]cc1.c1cc[nH+]cc1. The van der Waals surface area contributed by atoms with Crippen LogP contribution in [0.1, 0.15) is 0 Å². The molecule has 2 rings (SSSR count). The summed E-state index contributed by atoms with van der Waals surface area (Å²) in [6.45, 7) is 0. The lowest BCUT2D eigenvalue weighted by atomic mass is 10.5. The summed E-state index contributed by atoms with van der Waals surface area (Å²) in [5.74, 6) is 0. The van der Waals surface area contributed by atoms with Crippen molar-refractivity contribution in [2.75, 3.05) is 0 Å². The number of aromatic nitrogens is 2. The number of hydrogen-bond acceptors (Lipinski definition) is 3. The second kappa shape index (κ2) is 10.9. The van der Waals surface area contributed by atoms with Crippen LogP contribution in [0.4, 0.5) is 0 Å². The lowest BCUT2D eigenvalue weighted by molar-refractivity contribution is -0.378. The summed E-state index contributed by atoms with van der Waals surface area (Å²) in [5, 5.41) is 0. The summed E-state index contributed by atoms with van der Waals surface area (Å²) in [6.07, 6.45) is 7.50. The molecule has 19 heavy (non-hydrogen) atoms. The van der Waals surface area contributed by atoms with Gasteiger partial charge in [0.15, 0.2) is 24.8 Å². The van der Waals surface area contributed by atoms with Crippen LogP contribution in [0, 0.1) is 0 Å². The normalized spacial score (nSPS) is 9.74. The third-order valence-corrected chi connectivity index (χ3v) is 3.37. The second-order valence-electron chi connectivity index (χ2n) is 2.97. The molecule has 0 aliphatic rings. The number of rotatable bonds is 1. The van der Waals surface area contributed by atoms with E-state index in [9.17, 15) is 14.4 Å². The van der Waals surface area contributed by atoms with Gasteiger partial charge in [-0.25, -0.2) is 9.97 Å². The molecule has 104 valence electrons. The van der Waals surface area contributed by atoms with Crippen molar-refractivity contribution in [2.45, 2.75) is 4.58 Å². The van der Waals surface area contributed by atoms with E-state index in [0.717, 1.165) is 0 Å². The highest BCUT2D eigenvalue weighted by molar-refractivity contribution is 7.54. The lowest BCUT2D eigenvalue weighted by Crippen LogP contribution is -2.18. The Kier molecular flexibility index (Phi) is 10.4. The molecule has 2 aromatic rings. The fourth-order valence-electron chi connectivity index (χ4n) is 0.684. The van der Waals surface area contributed by atoms with E-state index < -0.39 is 12.2 Å². The number of aromatic amines is 2. The molecule has 0 saturated carbocycles. The highest BCUT2D eigenvalue weighted by atomic mass is 35.5. The molecule has 0 bridgehead atoms. The highest BCUT2D eigenvalue weighted by Gasteiger charge is 2.00. The zero-order chi connectivity index (χ0) is 14.6. The molecule has 0 aromatic carbocycles. The smallest absolute Gasteiger partial charge is 0.166 e. The molecule has 2 heterocycles. The summed E-state index contributed by atoms with van der Waals surface area (Å²) in [4.78, 5) is 24.9. The fourth-order valence-corrected chi connectivity index (χ4v) is 0.684. The van der Waals surface area contributed by atoms with Crippen LogP contribution in [0.3, 0.4) is 0 Å². The first-order valence-electron chi connectivity index (χ1n) is 5.06. The number of nitrogens with one attached hydrogen (secondary N) is 2. The zero-order valence-corrected chi connectivity index (χ0v) is 12.2. The topological polar surface area (TPSA) is 91.5 Å². The second-order valence-corrected chi connectivity index (χ2v) is 6.27. The Morgan fingerprint density at radius 3 is 1.11 bits per heavy atom. The van der Waals surface area contributed by atoms with E-state index in [4.69, 9.17) is 0 Å². The molecule has 2 aromatic heterocycles. The van der Waals surface area contributed by atoms with Gasteiger partial charge in [0.2, 0.25) is 0 Å². The van der Waals surface area contributed by atoms with Crippen molar-refractivity contribution in [3.8, 4) is 0 Å². The average Bonchev–Trinajstić information content (AvgIpc) is 2.43. The molecular formula is C11H13Cl2N2O3P. The standard InChI is InChI=1S/2C5H5N.CH3Cl2O3P/c2*1-2-4-6-5-3-1;2-1(3)7(4,5)6/h2*1-5H;1H,(H2,4,5,6). The van der Waals surface area contributed by atoms with E-state index in [0.29, 0.717) is 0 Å². The predicted molar refractivity (Wildman–Crippen MR) is 69.1 cm³/mol. The van der Waals surface area contributed by atoms with Crippen LogP contribution >= 0.6 is 30.8 Å². The Balaban J connectivity index is 0.000000256. The summed E-state index contributed by atoms with van der Waals surface area (Å²) < 4.78 is 7.73. The molecule has 2 N–H and O–H groups in total. The minimum Gasteiger partial charge on any atom is -0.809 e. The van der Waals surface area contributed by atoms with E-state index in [1.807, 2.05) is 61.2 Å². The van der Waals surface area contributed by atoms with Crippen LogP contribution < -0.4 is 19.8 Å². The van der Waals surface area contributed by atoms with Crippen molar-refractivity contribution in [1.29, 1.82) is 0 Å². The van der Waals surface area contributed by atoms with Crippen LogP contribution in [-0.2, 0) is 4.57 Å². The molecule has 0 aliphatic carbocycles. The number of hydrogen-bond donors (Lipinski definition) is 0. The summed E-state index contributed by atoms with van der Waals surface area (Å²) >= 11 is 9.26. The summed E-state index contributed by atoms with van der Waals surface area (Å²) in [6, 6.07) is 11.7. The van der Waals surface area contributed by atoms with Gasteiger partial charge in [0.05, 0.1) is 0 Å². The number of alkyl halides is 2. The van der Waals surface area contributed by atoms with Crippen molar-refractivity contribution in [3.05, 3.63) is 61.2 Å². The minimum absolute atomic E-state index is 1.81. The molecule has 5 nitrogen and oxygen atoms in total. The van der Waals surface area contributed by atoms with Gasteiger partial charge in [0.1, 0.15) is 4.58 Å². The fraction of sp³-hybridized carbons (Fsp3) is 0.0909. The van der Waals surface area contributed by atoms with Crippen molar-refractivity contribution in [1.82, 2.24) is 0 Å². The molecule has 0 saturated heterocycles. The maximum Gasteiger partial charge on any atom is 0.166 e. The van der Waals surface area contributed by atoms with Crippen LogP contribution in [-0.4, -0.2) is 4.58 Å². The summed E-state index contributed by atoms with van der Waals surface area (Å²) in [5.41, 5.74) is 0. The Bertz CT molecular complexity index is 369. The van der Waals surface area contributed by atoms with Gasteiger partial charge >= 0.3 is 0 Å². The van der Waals surface area contributed by atoms with Gasteiger partial charge in [-0.05, 0) is 7.60 Å². The molecule has 0 unspecified atom stereocenters. The van der Waals surface area contributed by atoms with Crippen LogP contribution in [0.5, 0.6) is 0 Å².